The number of likely N-dealkylation sites (tertiary alicyclic amines) is 1. The number of alkyl halides is 3. The highest BCUT2D eigenvalue weighted by Gasteiger charge is 2.33. The topological polar surface area (TPSA) is 84.1 Å². The van der Waals surface area contributed by atoms with Gasteiger partial charge in [0.1, 0.15) is 5.82 Å². The molecule has 1 amide bonds. The second-order valence-electron chi connectivity index (χ2n) is 4.76. The Labute approximate surface area is 119 Å². The molecule has 2 heterocycles. The monoisotopic (exact) mass is 303 g/mol. The number of nitrogen functional groups attached to an aromatic ring is 1. The van der Waals surface area contributed by atoms with Crippen molar-refractivity contribution in [2.75, 3.05) is 30.7 Å². The molecule has 1 aromatic rings. The van der Waals surface area contributed by atoms with Gasteiger partial charge in [0.15, 0.2) is 5.69 Å². The fourth-order valence-electron chi connectivity index (χ4n) is 2.12. The Morgan fingerprint density at radius 1 is 1.33 bits per heavy atom. The summed E-state index contributed by atoms with van der Waals surface area (Å²) in [7, 11) is 0. The zero-order valence-electron chi connectivity index (χ0n) is 11.3. The zero-order chi connectivity index (χ0) is 15.5. The number of carbonyl (C=O) groups excluding carboxylic acids is 1. The highest BCUT2D eigenvalue weighted by Crippen LogP contribution is 2.29. The summed E-state index contributed by atoms with van der Waals surface area (Å²) in [5.74, 6) is -0.514. The van der Waals surface area contributed by atoms with E-state index in [1.54, 1.807) is 4.90 Å². The summed E-state index contributed by atoms with van der Waals surface area (Å²) in [4.78, 5) is 20.3. The highest BCUT2D eigenvalue weighted by molar-refractivity contribution is 5.76. The van der Waals surface area contributed by atoms with Crippen LogP contribution < -0.4 is 11.1 Å². The summed E-state index contributed by atoms with van der Waals surface area (Å²) in [6, 6.07) is 0.774. The maximum atomic E-state index is 12.6. The quantitative estimate of drug-likeness (QED) is 0.880. The summed E-state index contributed by atoms with van der Waals surface area (Å²) in [5, 5.41) is 2.67. The maximum Gasteiger partial charge on any atom is 0.433 e. The average molecular weight is 303 g/mol. The molecule has 1 fully saturated rings. The van der Waals surface area contributed by atoms with Crippen LogP contribution >= 0.6 is 0 Å². The molecule has 0 spiro atoms. The number of rotatable bonds is 4. The lowest BCUT2D eigenvalue weighted by atomic mass is 10.3. The molecule has 0 saturated carbocycles. The van der Waals surface area contributed by atoms with Gasteiger partial charge in [-0.15, -0.1) is 0 Å². The van der Waals surface area contributed by atoms with E-state index < -0.39 is 17.8 Å². The first-order valence-electron chi connectivity index (χ1n) is 6.59. The molecule has 21 heavy (non-hydrogen) atoms. The lowest BCUT2D eigenvalue weighted by Crippen LogP contribution is -2.29. The molecule has 116 valence electrons. The van der Waals surface area contributed by atoms with Crippen LogP contribution in [0.4, 0.5) is 24.9 Å². The molecule has 1 aliphatic rings. The van der Waals surface area contributed by atoms with Gasteiger partial charge in [-0.2, -0.15) is 18.2 Å². The van der Waals surface area contributed by atoms with Crippen molar-refractivity contribution in [3.8, 4) is 0 Å². The van der Waals surface area contributed by atoms with E-state index in [9.17, 15) is 18.0 Å². The molecular formula is C12H16F3N5O. The Kier molecular flexibility index (Phi) is 4.49. The van der Waals surface area contributed by atoms with Crippen molar-refractivity contribution in [3.05, 3.63) is 11.8 Å². The van der Waals surface area contributed by atoms with Crippen molar-refractivity contribution in [2.24, 2.45) is 0 Å². The van der Waals surface area contributed by atoms with Crippen molar-refractivity contribution < 1.29 is 18.0 Å². The van der Waals surface area contributed by atoms with Gasteiger partial charge in [0.05, 0.1) is 0 Å². The Morgan fingerprint density at radius 2 is 2.00 bits per heavy atom. The largest absolute Gasteiger partial charge is 0.433 e. The number of anilines is 2. The molecule has 0 bridgehead atoms. The van der Waals surface area contributed by atoms with Crippen molar-refractivity contribution >= 4 is 17.7 Å². The van der Waals surface area contributed by atoms with Gasteiger partial charge < -0.3 is 16.0 Å². The second kappa shape index (κ2) is 6.15. The van der Waals surface area contributed by atoms with Gasteiger partial charge in [0.2, 0.25) is 11.9 Å². The van der Waals surface area contributed by atoms with Crippen LogP contribution in [0.3, 0.4) is 0 Å². The van der Waals surface area contributed by atoms with Crippen LogP contribution in [0.5, 0.6) is 0 Å². The number of nitrogens with zero attached hydrogens (tertiary/aromatic N) is 3. The lowest BCUT2D eigenvalue weighted by molar-refractivity contribution is -0.141. The van der Waals surface area contributed by atoms with Gasteiger partial charge in [-0.25, -0.2) is 4.98 Å². The van der Waals surface area contributed by atoms with Gasteiger partial charge in [-0.3, -0.25) is 4.79 Å². The summed E-state index contributed by atoms with van der Waals surface area (Å²) < 4.78 is 37.7. The third-order valence-electron chi connectivity index (χ3n) is 3.14. The number of carbonyl (C=O) groups is 1. The normalized spacial score (nSPS) is 15.3. The molecule has 0 unspecified atom stereocenters. The third kappa shape index (κ3) is 4.20. The average Bonchev–Trinajstić information content (AvgIpc) is 2.90. The van der Waals surface area contributed by atoms with Gasteiger partial charge in [-0.05, 0) is 12.8 Å². The number of hydrogen-bond donors (Lipinski definition) is 2. The van der Waals surface area contributed by atoms with Crippen LogP contribution in [0.15, 0.2) is 6.07 Å². The molecule has 0 aliphatic carbocycles. The lowest BCUT2D eigenvalue weighted by Gasteiger charge is -2.15. The van der Waals surface area contributed by atoms with Gasteiger partial charge in [-0.1, -0.05) is 0 Å². The number of nitrogens with two attached hydrogens (primary N) is 1. The van der Waals surface area contributed by atoms with E-state index in [0.717, 1.165) is 32.0 Å². The summed E-state index contributed by atoms with van der Waals surface area (Å²) in [6.07, 6.45) is -2.39. The van der Waals surface area contributed by atoms with Crippen LogP contribution in [0.1, 0.15) is 25.0 Å². The summed E-state index contributed by atoms with van der Waals surface area (Å²) in [6.45, 7) is 1.69. The van der Waals surface area contributed by atoms with Crippen molar-refractivity contribution in [2.45, 2.75) is 25.4 Å². The number of aromatic nitrogens is 2. The predicted octanol–water partition coefficient (Wildman–Crippen LogP) is 1.50. The Hall–Kier alpha value is -2.06. The number of hydrogen-bond acceptors (Lipinski definition) is 5. The van der Waals surface area contributed by atoms with E-state index in [1.807, 2.05) is 0 Å². The van der Waals surface area contributed by atoms with E-state index in [0.29, 0.717) is 0 Å². The minimum absolute atomic E-state index is 0.0157. The van der Waals surface area contributed by atoms with E-state index in [2.05, 4.69) is 15.3 Å². The molecule has 3 N–H and O–H groups in total. The third-order valence-corrected chi connectivity index (χ3v) is 3.14. The predicted molar refractivity (Wildman–Crippen MR) is 70.4 cm³/mol. The first-order valence-corrected chi connectivity index (χ1v) is 6.59. The van der Waals surface area contributed by atoms with Gasteiger partial charge in [0.25, 0.3) is 0 Å². The fraction of sp³-hybridized carbons (Fsp3) is 0.583. The zero-order valence-corrected chi connectivity index (χ0v) is 11.3. The smallest absolute Gasteiger partial charge is 0.369 e. The standard InChI is InChI=1S/C12H16F3N5O/c13-12(14,15)8-7-9(19-11(16)18-8)17-4-3-10(21)20-5-1-2-6-20/h7H,1-6H2,(H3,16,17,18,19). The van der Waals surface area contributed by atoms with E-state index >= 15 is 0 Å². The molecule has 0 radical (unpaired) electrons. The Bertz CT molecular complexity index is 514. The van der Waals surface area contributed by atoms with Gasteiger partial charge >= 0.3 is 6.18 Å². The molecule has 1 saturated heterocycles. The molecule has 6 nitrogen and oxygen atoms in total. The minimum atomic E-state index is -4.58. The van der Waals surface area contributed by atoms with Crippen LogP contribution in [-0.4, -0.2) is 40.4 Å². The fourth-order valence-corrected chi connectivity index (χ4v) is 2.12. The molecular weight excluding hydrogens is 287 g/mol. The number of nitrogens with one attached hydrogen (secondary N) is 1. The molecule has 0 atom stereocenters. The number of halogens is 3. The maximum absolute atomic E-state index is 12.6. The number of amides is 1. The second-order valence-corrected chi connectivity index (χ2v) is 4.76. The van der Waals surface area contributed by atoms with Crippen LogP contribution in [0.2, 0.25) is 0 Å². The van der Waals surface area contributed by atoms with E-state index in [-0.39, 0.29) is 24.7 Å². The van der Waals surface area contributed by atoms with E-state index in [1.165, 1.54) is 0 Å². The van der Waals surface area contributed by atoms with Crippen LogP contribution in [0.25, 0.3) is 0 Å². The van der Waals surface area contributed by atoms with Crippen molar-refractivity contribution in [1.29, 1.82) is 0 Å². The molecule has 1 aliphatic heterocycles. The Balaban J connectivity index is 1.91. The molecule has 1 aromatic heterocycles. The van der Waals surface area contributed by atoms with Crippen molar-refractivity contribution in [3.63, 3.8) is 0 Å². The highest BCUT2D eigenvalue weighted by atomic mass is 19.4. The minimum Gasteiger partial charge on any atom is -0.369 e. The van der Waals surface area contributed by atoms with E-state index in [4.69, 9.17) is 5.73 Å². The van der Waals surface area contributed by atoms with Crippen LogP contribution in [-0.2, 0) is 11.0 Å². The first-order chi connectivity index (χ1) is 9.86. The molecule has 0 aromatic carbocycles. The van der Waals surface area contributed by atoms with Crippen molar-refractivity contribution in [1.82, 2.24) is 14.9 Å². The van der Waals surface area contributed by atoms with Crippen LogP contribution in [0, 0.1) is 0 Å². The SMILES string of the molecule is Nc1nc(NCCC(=O)N2CCCC2)cc(C(F)(F)F)n1. The summed E-state index contributed by atoms with van der Waals surface area (Å²) >= 11 is 0. The summed E-state index contributed by atoms with van der Waals surface area (Å²) in [5.41, 5.74) is 4.14. The molecule has 9 heteroatoms. The first kappa shape index (κ1) is 15.3. The van der Waals surface area contributed by atoms with Gasteiger partial charge in [0, 0.05) is 32.1 Å². The Morgan fingerprint density at radius 3 is 2.62 bits per heavy atom. The molecule has 2 rings (SSSR count).